The van der Waals surface area contributed by atoms with Gasteiger partial charge in [-0.3, -0.25) is 14.3 Å². The minimum absolute atomic E-state index is 0.00398. The number of rotatable bonds is 12. The van der Waals surface area contributed by atoms with Crippen molar-refractivity contribution >= 4 is 40.7 Å². The van der Waals surface area contributed by atoms with Crippen LogP contribution in [0.15, 0.2) is 48.7 Å². The summed E-state index contributed by atoms with van der Waals surface area (Å²) in [7, 11) is 3.61. The number of hydrogen-bond donors (Lipinski definition) is 2. The van der Waals surface area contributed by atoms with Crippen molar-refractivity contribution in [3.8, 4) is 6.07 Å². The Bertz CT molecular complexity index is 1700. The maximum atomic E-state index is 15.9. The topological polar surface area (TPSA) is 112 Å². The summed E-state index contributed by atoms with van der Waals surface area (Å²) in [4.78, 5) is 28.1. The van der Waals surface area contributed by atoms with E-state index in [2.05, 4.69) is 21.8 Å². The van der Waals surface area contributed by atoms with Crippen LogP contribution in [0.4, 0.5) is 14.6 Å². The van der Waals surface area contributed by atoms with Crippen LogP contribution in [-0.4, -0.2) is 71.3 Å². The summed E-state index contributed by atoms with van der Waals surface area (Å²) < 4.78 is 39.2. The molecule has 1 saturated heterocycles. The van der Waals surface area contributed by atoms with E-state index in [9.17, 15) is 14.9 Å². The van der Waals surface area contributed by atoms with E-state index < -0.39 is 46.6 Å². The first-order chi connectivity index (χ1) is 22.4. The van der Waals surface area contributed by atoms with Crippen molar-refractivity contribution in [2.24, 2.45) is 5.41 Å². The van der Waals surface area contributed by atoms with Crippen LogP contribution in [0.3, 0.4) is 0 Å². The number of halogens is 4. The molecule has 13 heteroatoms. The molecule has 1 aliphatic heterocycles. The van der Waals surface area contributed by atoms with Crippen molar-refractivity contribution in [1.82, 2.24) is 20.0 Å². The summed E-state index contributed by atoms with van der Waals surface area (Å²) >= 11 is 12.3. The number of ketones is 1. The Morgan fingerprint density at radius 2 is 1.85 bits per heavy atom. The molecule has 9 nitrogen and oxygen atoms in total. The van der Waals surface area contributed by atoms with Gasteiger partial charge in [0.15, 0.2) is 11.6 Å². The van der Waals surface area contributed by atoms with Crippen molar-refractivity contribution in [3.63, 3.8) is 0 Å². The number of nitrogens with zero attached hydrogens (tertiary/aromatic N) is 4. The molecule has 1 amide bonds. The smallest absolute Gasteiger partial charge is 0.243 e. The fourth-order valence-corrected chi connectivity index (χ4v) is 6.73. The molecular formula is C35H42Cl2F2N6O3. The predicted octanol–water partition coefficient (Wildman–Crippen LogP) is 6.35. The lowest BCUT2D eigenvalue weighted by molar-refractivity contribution is -0.130. The van der Waals surface area contributed by atoms with Gasteiger partial charge in [0.05, 0.1) is 35.8 Å². The van der Waals surface area contributed by atoms with E-state index in [1.165, 1.54) is 30.3 Å². The number of amides is 1. The lowest BCUT2D eigenvalue weighted by Gasteiger charge is -2.37. The number of carbonyl (C=O) groups is 2. The number of ether oxygens (including phenoxy) is 1. The molecule has 4 rings (SSSR count). The molecule has 0 unspecified atom stereocenters. The van der Waals surface area contributed by atoms with Crippen LogP contribution >= 0.6 is 23.2 Å². The molecule has 1 aromatic heterocycles. The second-order valence-electron chi connectivity index (χ2n) is 14.4. The molecule has 48 heavy (non-hydrogen) atoms. The molecule has 2 heterocycles. The third-order valence-corrected chi connectivity index (χ3v) is 8.81. The molecule has 2 aromatic carbocycles. The maximum Gasteiger partial charge on any atom is 0.243 e. The van der Waals surface area contributed by atoms with Gasteiger partial charge in [-0.2, -0.15) is 10.4 Å². The molecule has 258 valence electrons. The van der Waals surface area contributed by atoms with Gasteiger partial charge in [-0.15, -0.1) is 0 Å². The van der Waals surface area contributed by atoms with Gasteiger partial charge in [0.1, 0.15) is 23.7 Å². The normalized spacial score (nSPS) is 21.4. The van der Waals surface area contributed by atoms with Crippen molar-refractivity contribution in [2.45, 2.75) is 76.6 Å². The first-order valence-corrected chi connectivity index (χ1v) is 16.3. The molecule has 1 fully saturated rings. The number of benzene rings is 2. The summed E-state index contributed by atoms with van der Waals surface area (Å²) in [5, 5.41) is 21.5. The highest BCUT2D eigenvalue weighted by Gasteiger charge is 2.61. The summed E-state index contributed by atoms with van der Waals surface area (Å²) in [6.45, 7) is 10.0. The van der Waals surface area contributed by atoms with Crippen LogP contribution < -0.4 is 10.6 Å². The van der Waals surface area contributed by atoms with E-state index in [4.69, 9.17) is 27.9 Å². The van der Waals surface area contributed by atoms with Gasteiger partial charge in [0.2, 0.25) is 5.91 Å². The van der Waals surface area contributed by atoms with E-state index in [1.54, 1.807) is 35.9 Å². The van der Waals surface area contributed by atoms with Gasteiger partial charge in [0.25, 0.3) is 0 Å². The van der Waals surface area contributed by atoms with E-state index in [1.807, 2.05) is 34.6 Å². The minimum atomic E-state index is -1.75. The van der Waals surface area contributed by atoms with Crippen LogP contribution in [0.25, 0.3) is 0 Å². The quantitative estimate of drug-likeness (QED) is 0.226. The number of hydrogen-bond acceptors (Lipinski definition) is 7. The Morgan fingerprint density at radius 3 is 2.48 bits per heavy atom. The molecule has 2 N–H and O–H groups in total. The van der Waals surface area contributed by atoms with Gasteiger partial charge >= 0.3 is 0 Å². The monoisotopic (exact) mass is 702 g/mol. The highest BCUT2D eigenvalue weighted by atomic mass is 35.5. The second kappa shape index (κ2) is 14.6. The Hall–Kier alpha value is -3.40. The zero-order valence-electron chi connectivity index (χ0n) is 28.2. The number of nitrogens with one attached hydrogen (secondary N) is 2. The predicted molar refractivity (Wildman–Crippen MR) is 182 cm³/mol. The molecule has 0 spiro atoms. The third-order valence-electron chi connectivity index (χ3n) is 8.28. The summed E-state index contributed by atoms with van der Waals surface area (Å²) in [5.74, 6) is -3.22. The van der Waals surface area contributed by atoms with Gasteiger partial charge in [-0.1, -0.05) is 62.2 Å². The van der Waals surface area contributed by atoms with Crippen LogP contribution in [-0.2, 0) is 26.3 Å². The largest absolute Gasteiger partial charge is 0.366 e. The number of likely N-dealkylation sites (N-methyl/N-ethyl adjacent to an activating group) is 1. The average Bonchev–Trinajstić information content (AvgIpc) is 3.53. The number of nitriles is 1. The number of Topliss-reactive ketones (excluding diaryl/α,β-unsaturated/α-hetero) is 1. The second-order valence-corrected chi connectivity index (χ2v) is 15.2. The Morgan fingerprint density at radius 1 is 1.15 bits per heavy atom. The summed E-state index contributed by atoms with van der Waals surface area (Å²) in [6.07, 6.45) is 2.00. The standard InChI is InChI=1S/C35H42Cl2F2N6O3/c1-33(2,3)16-27-35(19-40,24-12-11-21(36)15-26(24)38)29(23-9-8-10-25(37)30(23)39)31(41-27)32(47)42-28-13-14-45(43-28)20-34(4,5)48-18-22(46)17-44(6)7/h8-15,27,29,31,41H,16-18,20H2,1-7H3,(H,42,43,47)/t27-,29-,31+,35-/m0/s1. The number of anilines is 1. The maximum absolute atomic E-state index is 15.9. The highest BCUT2D eigenvalue weighted by Crippen LogP contribution is 2.52. The van der Waals surface area contributed by atoms with Crippen molar-refractivity contribution < 1.29 is 23.1 Å². The molecule has 1 aliphatic rings. The zero-order chi connectivity index (χ0) is 35.6. The average molecular weight is 704 g/mol. The fourth-order valence-electron chi connectivity index (χ4n) is 6.39. The highest BCUT2D eigenvalue weighted by molar-refractivity contribution is 6.31. The molecule has 0 aliphatic carbocycles. The lowest BCUT2D eigenvalue weighted by Crippen LogP contribution is -2.45. The van der Waals surface area contributed by atoms with Crippen LogP contribution in [0.2, 0.25) is 10.0 Å². The first-order valence-electron chi connectivity index (χ1n) is 15.6. The van der Waals surface area contributed by atoms with Crippen molar-refractivity contribution in [3.05, 3.63) is 81.5 Å². The van der Waals surface area contributed by atoms with E-state index in [0.717, 1.165) is 6.07 Å². The van der Waals surface area contributed by atoms with E-state index >= 15 is 8.78 Å². The van der Waals surface area contributed by atoms with Crippen LogP contribution in [0.1, 0.15) is 58.1 Å². The molecule has 0 saturated carbocycles. The molecule has 0 radical (unpaired) electrons. The number of aromatic nitrogens is 2. The molecule has 0 bridgehead atoms. The van der Waals surface area contributed by atoms with Crippen molar-refractivity contribution in [1.29, 1.82) is 5.26 Å². The minimum Gasteiger partial charge on any atom is -0.366 e. The molecular weight excluding hydrogens is 661 g/mol. The SMILES string of the molecule is CN(C)CC(=O)COC(C)(C)Cn1ccc(NC(=O)[C@@H]2N[C@@H](CC(C)(C)C)[C@](C#N)(c3ccc(Cl)cc3F)[C@H]2c2cccc(Cl)c2F)n1. The molecule has 3 aromatic rings. The third kappa shape index (κ3) is 8.41. The first kappa shape index (κ1) is 37.4. The van der Waals surface area contributed by atoms with Crippen LogP contribution in [0, 0.1) is 28.4 Å². The molecule has 4 atom stereocenters. The van der Waals surface area contributed by atoms with E-state index in [-0.39, 0.29) is 57.9 Å². The number of carbonyl (C=O) groups excluding carboxylic acids is 2. The van der Waals surface area contributed by atoms with Gasteiger partial charge in [0, 0.05) is 34.8 Å². The van der Waals surface area contributed by atoms with Gasteiger partial charge in [-0.05, 0) is 63.5 Å². The summed E-state index contributed by atoms with van der Waals surface area (Å²) in [6, 6.07) is 10.3. The lowest BCUT2D eigenvalue weighted by atomic mass is 9.62. The van der Waals surface area contributed by atoms with Gasteiger partial charge in [-0.25, -0.2) is 8.78 Å². The Balaban J connectivity index is 1.71. The fraction of sp³-hybridized carbons (Fsp3) is 0.486. The van der Waals surface area contributed by atoms with E-state index in [0.29, 0.717) is 6.42 Å². The summed E-state index contributed by atoms with van der Waals surface area (Å²) in [5.41, 5.74) is -2.90. The van der Waals surface area contributed by atoms with Crippen LogP contribution in [0.5, 0.6) is 0 Å². The Labute approximate surface area is 290 Å². The Kier molecular flexibility index (Phi) is 11.4. The zero-order valence-corrected chi connectivity index (χ0v) is 29.7. The van der Waals surface area contributed by atoms with Crippen molar-refractivity contribution in [2.75, 3.05) is 32.6 Å². The van der Waals surface area contributed by atoms with Gasteiger partial charge < -0.3 is 20.3 Å².